The first-order valence-corrected chi connectivity index (χ1v) is 21.2. The molecule has 3 saturated carbocycles. The Kier molecular flexibility index (Phi) is 11.2. The molecular weight excluding hydrogens is 724 g/mol. The second-order valence-corrected chi connectivity index (χ2v) is 20.2. The summed E-state index contributed by atoms with van der Waals surface area (Å²) in [6, 6.07) is 0. The maximum atomic E-state index is 14.4. The van der Waals surface area contributed by atoms with Crippen molar-refractivity contribution in [2.45, 2.75) is 193 Å². The Morgan fingerprint density at radius 1 is 0.893 bits per heavy atom. The van der Waals surface area contributed by atoms with Gasteiger partial charge in [-0.3, -0.25) is 9.59 Å². The third-order valence-corrected chi connectivity index (χ3v) is 16.1. The van der Waals surface area contributed by atoms with Crippen LogP contribution in [0, 0.1) is 45.3 Å². The van der Waals surface area contributed by atoms with Crippen LogP contribution >= 0.6 is 0 Å². The maximum absolute atomic E-state index is 14.4. The molecule has 0 aromatic carbocycles. The number of esters is 2. The zero-order valence-corrected chi connectivity index (χ0v) is 34.8. The minimum absolute atomic E-state index is 0.0295. The Labute approximate surface area is 331 Å². The Morgan fingerprint density at radius 2 is 1.61 bits per heavy atom. The van der Waals surface area contributed by atoms with Gasteiger partial charge in [-0.15, -0.1) is 0 Å². The van der Waals surface area contributed by atoms with Crippen LogP contribution in [0.2, 0.25) is 0 Å². The highest BCUT2D eigenvalue weighted by atomic mass is 16.8. The fourth-order valence-electron chi connectivity index (χ4n) is 13.4. The standard InChI is InChI=1S/C43H68O13/c1-21(2)18-24(53-23(4)44)19-42(9)29-13-16-41(8)26-10-11-28-39(5,6)30(14-15-40(28,7)25(26)12-17-43(29,41)38(50)56-42)54-37-35(32(47)27(45)20-51-37)55-36-34(49)33(48)31(46)22(3)52-36/h10,21-22,24-25,27-37,45-49H,11-20H2,1-9H3. The van der Waals surface area contributed by atoms with Crippen molar-refractivity contribution in [3.05, 3.63) is 11.6 Å². The number of allylic oxidation sites excluding steroid dienone is 2. The van der Waals surface area contributed by atoms with Gasteiger partial charge in [0.2, 0.25) is 0 Å². The summed E-state index contributed by atoms with van der Waals surface area (Å²) in [5, 5.41) is 52.9. The van der Waals surface area contributed by atoms with E-state index in [1.54, 1.807) is 6.92 Å². The van der Waals surface area contributed by atoms with E-state index in [1.807, 2.05) is 0 Å². The highest BCUT2D eigenvalue weighted by molar-refractivity contribution is 5.83. The van der Waals surface area contributed by atoms with Gasteiger partial charge < -0.3 is 54.0 Å². The summed E-state index contributed by atoms with van der Waals surface area (Å²) in [6.45, 7) is 18.3. The average Bonchev–Trinajstić information content (AvgIpc) is 3.55. The second-order valence-electron chi connectivity index (χ2n) is 20.2. The number of cyclic esters (lactones) is 1. The SMILES string of the molecule is CC(=O)OC(CC(C)C)CC1(C)OC(=O)C23CCC4C(=CCC5C(C)(C)C(OC6OCC(O)C(O)C6OC6OC(C)C(O)C(O)C6O)CCC45C)C2(C)CCC13. The van der Waals surface area contributed by atoms with Gasteiger partial charge in [0.25, 0.3) is 0 Å². The summed E-state index contributed by atoms with van der Waals surface area (Å²) in [4.78, 5) is 26.5. The summed E-state index contributed by atoms with van der Waals surface area (Å²) < 4.78 is 36.7. The third-order valence-electron chi connectivity index (χ3n) is 16.1. The van der Waals surface area contributed by atoms with Crippen LogP contribution in [0.1, 0.15) is 120 Å². The molecule has 3 aliphatic heterocycles. The van der Waals surface area contributed by atoms with E-state index in [-0.39, 0.29) is 64.8 Å². The second kappa shape index (κ2) is 14.8. The van der Waals surface area contributed by atoms with Crippen molar-refractivity contribution in [1.82, 2.24) is 0 Å². The first kappa shape index (κ1) is 42.4. The molecule has 4 aliphatic carbocycles. The number of carbonyl (C=O) groups is 2. The van der Waals surface area contributed by atoms with Gasteiger partial charge in [-0.2, -0.15) is 0 Å². The molecule has 6 fully saturated rings. The molecule has 0 aromatic heterocycles. The topological polar surface area (TPSA) is 191 Å². The largest absolute Gasteiger partial charge is 0.462 e. The minimum Gasteiger partial charge on any atom is -0.462 e. The van der Waals surface area contributed by atoms with Gasteiger partial charge in [0.1, 0.15) is 48.3 Å². The lowest BCUT2D eigenvalue weighted by atomic mass is 9.41. The minimum atomic E-state index is -1.60. The summed E-state index contributed by atoms with van der Waals surface area (Å²) in [7, 11) is 0. The fraction of sp³-hybridized carbons (Fsp3) is 0.907. The summed E-state index contributed by atoms with van der Waals surface area (Å²) in [6.07, 6.45) is -2.89. The van der Waals surface area contributed by atoms with Crippen LogP contribution in [0.25, 0.3) is 0 Å². The van der Waals surface area contributed by atoms with Crippen molar-refractivity contribution in [3.8, 4) is 0 Å². The molecule has 0 amide bonds. The Bertz CT molecular complexity index is 1530. The highest BCUT2D eigenvalue weighted by Crippen LogP contribution is 2.76. The van der Waals surface area contributed by atoms with Crippen molar-refractivity contribution < 1.29 is 63.5 Å². The molecule has 0 radical (unpaired) electrons. The molecule has 3 saturated heterocycles. The average molecular weight is 793 g/mol. The predicted octanol–water partition coefficient (Wildman–Crippen LogP) is 3.93. The molecule has 1 spiro atoms. The van der Waals surface area contributed by atoms with E-state index < -0.39 is 66.3 Å². The lowest BCUT2D eigenvalue weighted by Crippen LogP contribution is -2.63. The monoisotopic (exact) mass is 792 g/mol. The number of hydrogen-bond acceptors (Lipinski definition) is 13. The van der Waals surface area contributed by atoms with Crippen molar-refractivity contribution in [1.29, 1.82) is 0 Å². The van der Waals surface area contributed by atoms with Gasteiger partial charge in [-0.05, 0) is 93.8 Å². The number of aliphatic hydroxyl groups excluding tert-OH is 5. The van der Waals surface area contributed by atoms with Crippen LogP contribution < -0.4 is 0 Å². The molecule has 18 unspecified atom stereocenters. The summed E-state index contributed by atoms with van der Waals surface area (Å²) in [5.74, 6) is 0.448. The van der Waals surface area contributed by atoms with Crippen molar-refractivity contribution in [3.63, 3.8) is 0 Å². The van der Waals surface area contributed by atoms with Gasteiger partial charge in [-0.1, -0.05) is 53.2 Å². The molecule has 3 heterocycles. The van der Waals surface area contributed by atoms with Crippen molar-refractivity contribution >= 4 is 11.9 Å². The van der Waals surface area contributed by atoms with Gasteiger partial charge >= 0.3 is 11.9 Å². The summed E-state index contributed by atoms with van der Waals surface area (Å²) >= 11 is 0. The molecule has 56 heavy (non-hydrogen) atoms. The van der Waals surface area contributed by atoms with Gasteiger partial charge in [0, 0.05) is 24.7 Å². The molecule has 318 valence electrons. The number of carbonyl (C=O) groups excluding carboxylic acids is 2. The highest BCUT2D eigenvalue weighted by Gasteiger charge is 2.76. The molecule has 0 bridgehead atoms. The third kappa shape index (κ3) is 6.53. The first-order chi connectivity index (χ1) is 26.1. The van der Waals surface area contributed by atoms with Gasteiger partial charge in [-0.25, -0.2) is 0 Å². The van der Waals surface area contributed by atoms with Crippen LogP contribution in [0.15, 0.2) is 11.6 Å². The first-order valence-electron chi connectivity index (χ1n) is 21.2. The fourth-order valence-corrected chi connectivity index (χ4v) is 13.4. The number of aliphatic hydroxyl groups is 5. The van der Waals surface area contributed by atoms with Crippen molar-refractivity contribution in [2.24, 2.45) is 45.3 Å². The number of fused-ring (bicyclic) bond motifs is 4. The lowest BCUT2D eigenvalue weighted by Gasteiger charge is -2.64. The van der Waals surface area contributed by atoms with Crippen LogP contribution in [0.3, 0.4) is 0 Å². The van der Waals surface area contributed by atoms with Crippen LogP contribution in [-0.2, 0) is 38.0 Å². The Morgan fingerprint density at radius 3 is 2.29 bits per heavy atom. The van der Waals surface area contributed by atoms with E-state index in [1.165, 1.54) is 12.5 Å². The quantitative estimate of drug-likeness (QED) is 0.167. The van der Waals surface area contributed by atoms with Crippen LogP contribution in [-0.4, -0.2) is 117 Å². The molecule has 13 heteroatoms. The van der Waals surface area contributed by atoms with E-state index in [2.05, 4.69) is 54.5 Å². The lowest BCUT2D eigenvalue weighted by molar-refractivity contribution is -0.363. The normalized spacial score (nSPS) is 50.2. The zero-order chi connectivity index (χ0) is 40.9. The molecule has 18 atom stereocenters. The van der Waals surface area contributed by atoms with E-state index in [0.29, 0.717) is 25.2 Å². The smallest absolute Gasteiger partial charge is 0.313 e. The molecular formula is C43H68O13. The van der Waals surface area contributed by atoms with Crippen LogP contribution in [0.5, 0.6) is 0 Å². The van der Waals surface area contributed by atoms with E-state index in [0.717, 1.165) is 38.5 Å². The number of hydrogen-bond donors (Lipinski definition) is 5. The predicted molar refractivity (Wildman–Crippen MR) is 201 cm³/mol. The maximum Gasteiger partial charge on any atom is 0.313 e. The number of rotatable bonds is 9. The molecule has 7 aliphatic rings. The number of ether oxygens (including phenoxy) is 6. The summed E-state index contributed by atoms with van der Waals surface area (Å²) in [5.41, 5.74) is -0.730. The van der Waals surface area contributed by atoms with E-state index in [4.69, 9.17) is 28.4 Å². The molecule has 5 N–H and O–H groups in total. The Balaban J connectivity index is 1.11. The van der Waals surface area contributed by atoms with Gasteiger partial charge in [0.05, 0.1) is 24.2 Å². The molecule has 7 rings (SSSR count). The van der Waals surface area contributed by atoms with Gasteiger partial charge in [0.15, 0.2) is 12.6 Å². The molecule has 0 aromatic rings. The molecule has 13 nitrogen and oxygen atoms in total. The van der Waals surface area contributed by atoms with Crippen molar-refractivity contribution in [2.75, 3.05) is 6.61 Å². The Hall–Kier alpha value is -1.68. The van der Waals surface area contributed by atoms with E-state index >= 15 is 0 Å². The van der Waals surface area contributed by atoms with E-state index in [9.17, 15) is 35.1 Å². The zero-order valence-electron chi connectivity index (χ0n) is 34.8. The van der Waals surface area contributed by atoms with Crippen LogP contribution in [0.4, 0.5) is 0 Å².